The lowest BCUT2D eigenvalue weighted by atomic mass is 10.00. The van der Waals surface area contributed by atoms with Crippen LogP contribution in [0.2, 0.25) is 10.0 Å². The van der Waals surface area contributed by atoms with E-state index in [2.05, 4.69) is 20.7 Å². The van der Waals surface area contributed by atoms with Crippen molar-refractivity contribution in [2.75, 3.05) is 10.6 Å². The number of rotatable bonds is 6. The second-order valence-corrected chi connectivity index (χ2v) is 8.38. The molecule has 4 aromatic rings. The molecule has 0 saturated heterocycles. The fourth-order valence-corrected chi connectivity index (χ4v) is 3.95. The summed E-state index contributed by atoms with van der Waals surface area (Å²) in [6.45, 7) is 2.04. The molecule has 0 saturated carbocycles. The molecule has 0 unspecified atom stereocenters. The summed E-state index contributed by atoms with van der Waals surface area (Å²) in [5, 5.41) is 19.3. The molecule has 0 aliphatic heterocycles. The molecule has 2 aromatic heterocycles. The number of carbonyl (C=O) groups excluding carboxylic acids is 1. The molecule has 4 rings (SSSR count). The van der Waals surface area contributed by atoms with Crippen LogP contribution in [-0.4, -0.2) is 25.9 Å². The van der Waals surface area contributed by atoms with Crippen LogP contribution in [0.15, 0.2) is 71.8 Å². The largest absolute Gasteiger partial charge is 0.392 e. The lowest BCUT2D eigenvalue weighted by molar-refractivity contribution is 0.262. The predicted molar refractivity (Wildman–Crippen MR) is 138 cm³/mol. The Morgan fingerprint density at radius 3 is 2.31 bits per heavy atom. The van der Waals surface area contributed by atoms with Crippen molar-refractivity contribution in [3.05, 3.63) is 93.0 Å². The molecule has 0 aliphatic rings. The molecule has 0 aliphatic carbocycles. The molecule has 10 heteroatoms. The number of halogens is 2. The number of nitrogens with zero attached hydrogens (tertiary/aromatic N) is 3. The summed E-state index contributed by atoms with van der Waals surface area (Å²) in [6.07, 6.45) is 2.70. The Morgan fingerprint density at radius 2 is 1.63 bits per heavy atom. The average Bonchev–Trinajstić information content (AvgIpc) is 2.87. The molecule has 0 fully saturated rings. The quantitative estimate of drug-likeness (QED) is 0.320. The Labute approximate surface area is 211 Å². The Balaban J connectivity index is 1.67. The number of urea groups is 1. The molecule has 0 radical (unpaired) electrons. The molecule has 2 aromatic carbocycles. The number of aryl methyl sites for hydroxylation is 1. The van der Waals surface area contributed by atoms with Crippen LogP contribution in [-0.2, 0) is 13.2 Å². The van der Waals surface area contributed by atoms with Gasteiger partial charge in [0.2, 0.25) is 0 Å². The third kappa shape index (κ3) is 5.51. The van der Waals surface area contributed by atoms with E-state index >= 15 is 0 Å². The van der Waals surface area contributed by atoms with Crippen molar-refractivity contribution in [1.82, 2.24) is 14.8 Å². The number of hydrogen-bond donors (Lipinski definition) is 3. The highest BCUT2D eigenvalue weighted by Crippen LogP contribution is 2.29. The van der Waals surface area contributed by atoms with E-state index < -0.39 is 11.6 Å². The molecule has 8 nitrogen and oxygen atoms in total. The van der Waals surface area contributed by atoms with Gasteiger partial charge in [0.1, 0.15) is 5.69 Å². The van der Waals surface area contributed by atoms with Crippen LogP contribution in [0.5, 0.6) is 0 Å². The summed E-state index contributed by atoms with van der Waals surface area (Å²) < 4.78 is 1.27. The monoisotopic (exact) mass is 509 g/mol. The van der Waals surface area contributed by atoms with Crippen LogP contribution >= 0.6 is 23.2 Å². The topological polar surface area (TPSA) is 109 Å². The number of aliphatic hydroxyl groups is 1. The van der Waals surface area contributed by atoms with Gasteiger partial charge in [0.25, 0.3) is 5.56 Å². The summed E-state index contributed by atoms with van der Waals surface area (Å²) in [7, 11) is 0. The number of pyridine rings is 1. The summed E-state index contributed by atoms with van der Waals surface area (Å²) in [5.74, 6) is 0. The number of aliphatic hydroxyl groups excluding tert-OH is 1. The van der Waals surface area contributed by atoms with E-state index in [1.807, 2.05) is 48.5 Å². The minimum atomic E-state index is -0.688. The molecular weight excluding hydrogens is 489 g/mol. The molecule has 3 N–H and O–H groups in total. The van der Waals surface area contributed by atoms with Gasteiger partial charge in [0.15, 0.2) is 0 Å². The van der Waals surface area contributed by atoms with E-state index in [-0.39, 0.29) is 28.0 Å². The van der Waals surface area contributed by atoms with Crippen molar-refractivity contribution in [2.24, 2.45) is 0 Å². The second kappa shape index (κ2) is 10.7. The van der Waals surface area contributed by atoms with Gasteiger partial charge >= 0.3 is 6.03 Å². The molecule has 2 heterocycles. The number of amides is 2. The standard InChI is InChI=1S/C25H21Cl2N5O3/c1-2-32-24(34)22(29-25(35)30-23-19(26)12-28-13-20(23)27)11-21(31-32)18-8-4-7-17(10-18)16-6-3-5-15(9-16)14-33/h3-13,33H,2,14H2,1H3,(H2,28,29,30,35). The van der Waals surface area contributed by atoms with Crippen LogP contribution in [0.3, 0.4) is 0 Å². The first-order chi connectivity index (χ1) is 16.9. The summed E-state index contributed by atoms with van der Waals surface area (Å²) in [6, 6.07) is 16.1. The van der Waals surface area contributed by atoms with E-state index in [9.17, 15) is 14.7 Å². The lowest BCUT2D eigenvalue weighted by Crippen LogP contribution is -2.29. The molecule has 0 bridgehead atoms. The number of nitrogens with one attached hydrogen (secondary N) is 2. The molecule has 0 spiro atoms. The van der Waals surface area contributed by atoms with Gasteiger partial charge in [0.05, 0.1) is 28.0 Å². The zero-order chi connectivity index (χ0) is 24.9. The van der Waals surface area contributed by atoms with Gasteiger partial charge in [-0.3, -0.25) is 9.78 Å². The van der Waals surface area contributed by atoms with Gasteiger partial charge in [-0.2, -0.15) is 5.10 Å². The SMILES string of the molecule is CCn1nc(-c2cccc(-c3cccc(CO)c3)c2)cc(NC(=O)Nc2c(Cl)cncc2Cl)c1=O. The van der Waals surface area contributed by atoms with Gasteiger partial charge in [0, 0.05) is 24.5 Å². The van der Waals surface area contributed by atoms with E-state index in [0.29, 0.717) is 12.2 Å². The Kier molecular flexibility index (Phi) is 7.45. The van der Waals surface area contributed by atoms with E-state index in [1.54, 1.807) is 6.92 Å². The Hall–Kier alpha value is -3.72. The molecule has 178 valence electrons. The van der Waals surface area contributed by atoms with Gasteiger partial charge in [-0.15, -0.1) is 0 Å². The van der Waals surface area contributed by atoms with Crippen molar-refractivity contribution in [2.45, 2.75) is 20.1 Å². The second-order valence-electron chi connectivity index (χ2n) is 7.56. The number of anilines is 2. The van der Waals surface area contributed by atoms with Crippen molar-refractivity contribution in [3.8, 4) is 22.4 Å². The first-order valence-corrected chi connectivity index (χ1v) is 11.4. The van der Waals surface area contributed by atoms with Gasteiger partial charge in [-0.1, -0.05) is 59.6 Å². The average molecular weight is 510 g/mol. The summed E-state index contributed by atoms with van der Waals surface area (Å²) in [4.78, 5) is 29.3. The van der Waals surface area contributed by atoms with Crippen LogP contribution in [0.25, 0.3) is 22.4 Å². The predicted octanol–water partition coefficient (Wildman–Crippen LogP) is 5.44. The lowest BCUT2D eigenvalue weighted by Gasteiger charge is -2.13. The Bertz CT molecular complexity index is 1440. The van der Waals surface area contributed by atoms with Crippen LogP contribution in [0.4, 0.5) is 16.2 Å². The van der Waals surface area contributed by atoms with Gasteiger partial charge in [-0.05, 0) is 41.8 Å². The van der Waals surface area contributed by atoms with Gasteiger partial charge < -0.3 is 15.7 Å². The fraction of sp³-hybridized carbons (Fsp3) is 0.120. The number of hydrogen-bond acceptors (Lipinski definition) is 5. The highest BCUT2D eigenvalue weighted by atomic mass is 35.5. The van der Waals surface area contributed by atoms with Crippen molar-refractivity contribution < 1.29 is 9.90 Å². The minimum Gasteiger partial charge on any atom is -0.392 e. The van der Waals surface area contributed by atoms with Crippen molar-refractivity contribution >= 4 is 40.6 Å². The highest BCUT2D eigenvalue weighted by molar-refractivity contribution is 6.39. The van der Waals surface area contributed by atoms with E-state index in [4.69, 9.17) is 23.2 Å². The van der Waals surface area contributed by atoms with E-state index in [0.717, 1.165) is 22.3 Å². The van der Waals surface area contributed by atoms with Crippen LogP contribution in [0, 0.1) is 0 Å². The van der Waals surface area contributed by atoms with E-state index in [1.165, 1.54) is 23.1 Å². The summed E-state index contributed by atoms with van der Waals surface area (Å²) in [5.41, 5.74) is 3.69. The maximum Gasteiger partial charge on any atom is 0.323 e. The van der Waals surface area contributed by atoms with Crippen molar-refractivity contribution in [3.63, 3.8) is 0 Å². The van der Waals surface area contributed by atoms with Crippen LogP contribution in [0.1, 0.15) is 12.5 Å². The fourth-order valence-electron chi connectivity index (χ4n) is 3.49. The van der Waals surface area contributed by atoms with Crippen molar-refractivity contribution in [1.29, 1.82) is 0 Å². The first kappa shape index (κ1) is 24.4. The number of aromatic nitrogens is 3. The Morgan fingerprint density at radius 1 is 0.971 bits per heavy atom. The smallest absolute Gasteiger partial charge is 0.323 e. The number of benzene rings is 2. The summed E-state index contributed by atoms with van der Waals surface area (Å²) >= 11 is 12.1. The molecule has 0 atom stereocenters. The molecule has 2 amide bonds. The number of carbonyl (C=O) groups is 1. The highest BCUT2D eigenvalue weighted by Gasteiger charge is 2.15. The normalized spacial score (nSPS) is 10.7. The zero-order valence-electron chi connectivity index (χ0n) is 18.6. The third-order valence-corrected chi connectivity index (χ3v) is 5.79. The maximum absolute atomic E-state index is 12.8. The first-order valence-electron chi connectivity index (χ1n) is 10.7. The zero-order valence-corrected chi connectivity index (χ0v) is 20.1. The molecule has 35 heavy (non-hydrogen) atoms. The third-order valence-electron chi connectivity index (χ3n) is 5.22. The van der Waals surface area contributed by atoms with Gasteiger partial charge in [-0.25, -0.2) is 9.48 Å². The molecular formula is C25H21Cl2N5O3. The van der Waals surface area contributed by atoms with Crippen LogP contribution < -0.4 is 16.2 Å². The minimum absolute atomic E-state index is 0.0448. The maximum atomic E-state index is 12.8.